The van der Waals surface area contributed by atoms with E-state index in [1.807, 2.05) is 18.3 Å². The summed E-state index contributed by atoms with van der Waals surface area (Å²) in [5, 5.41) is 13.2. The largest absolute Gasteiger partial charge is 0.368 e. The Hall–Kier alpha value is -1.68. The molecule has 1 N–H and O–H groups in total. The van der Waals surface area contributed by atoms with Crippen LogP contribution in [0.2, 0.25) is 0 Å². The van der Waals surface area contributed by atoms with Crippen molar-refractivity contribution >= 4 is 16.6 Å². The Morgan fingerprint density at radius 2 is 2.19 bits per heavy atom. The maximum Gasteiger partial charge on any atom is 0.0950 e. The highest BCUT2D eigenvalue weighted by Crippen LogP contribution is 2.25. The van der Waals surface area contributed by atoms with Crippen molar-refractivity contribution in [3.63, 3.8) is 0 Å². The van der Waals surface area contributed by atoms with E-state index >= 15 is 0 Å². The van der Waals surface area contributed by atoms with Crippen molar-refractivity contribution in [3.05, 3.63) is 30.5 Å². The van der Waals surface area contributed by atoms with E-state index in [-0.39, 0.29) is 0 Å². The van der Waals surface area contributed by atoms with Crippen molar-refractivity contribution in [2.45, 2.75) is 32.7 Å². The van der Waals surface area contributed by atoms with E-state index in [4.69, 9.17) is 0 Å². The Morgan fingerprint density at radius 1 is 1.33 bits per heavy atom. The maximum absolute atomic E-state index is 4.24. The van der Waals surface area contributed by atoms with Gasteiger partial charge in [-0.1, -0.05) is 32.0 Å². The molecular weight excluding hydrogens is 260 g/mol. The third-order valence-corrected chi connectivity index (χ3v) is 4.05. The fourth-order valence-electron chi connectivity index (χ4n) is 3.14. The number of fused-ring (bicyclic) bond motifs is 1. The lowest BCUT2D eigenvalue weighted by Gasteiger charge is -2.30. The zero-order chi connectivity index (χ0) is 14.7. The maximum atomic E-state index is 4.24. The minimum Gasteiger partial charge on any atom is -0.368 e. The third-order valence-electron chi connectivity index (χ3n) is 4.05. The highest BCUT2D eigenvalue weighted by Gasteiger charge is 2.20. The smallest absolute Gasteiger partial charge is 0.0950 e. The van der Waals surface area contributed by atoms with Gasteiger partial charge in [0, 0.05) is 24.5 Å². The molecule has 1 atom stereocenters. The van der Waals surface area contributed by atoms with Crippen LogP contribution in [0.1, 0.15) is 26.7 Å². The first-order valence-corrected chi connectivity index (χ1v) is 7.93. The summed E-state index contributed by atoms with van der Waals surface area (Å²) in [6.07, 6.45) is 4.47. The molecule has 0 amide bonds. The molecule has 1 saturated heterocycles. The van der Waals surface area contributed by atoms with Crippen LogP contribution in [0.15, 0.2) is 30.5 Å². The third kappa shape index (κ3) is 3.32. The van der Waals surface area contributed by atoms with Gasteiger partial charge in [0.1, 0.15) is 0 Å². The number of aromatic nitrogens is 2. The molecule has 0 saturated carbocycles. The summed E-state index contributed by atoms with van der Waals surface area (Å²) in [6.45, 7) is 7.79. The number of hydrogen-bond donors (Lipinski definition) is 1. The molecule has 21 heavy (non-hydrogen) atoms. The number of anilines is 1. The van der Waals surface area contributed by atoms with Crippen LogP contribution < -0.4 is 10.2 Å². The predicted octanol–water partition coefficient (Wildman–Crippen LogP) is 2.84. The fourth-order valence-corrected chi connectivity index (χ4v) is 3.14. The lowest BCUT2D eigenvalue weighted by atomic mass is 10.1. The molecule has 1 fully saturated rings. The van der Waals surface area contributed by atoms with E-state index in [9.17, 15) is 0 Å². The van der Waals surface area contributed by atoms with Crippen molar-refractivity contribution in [2.75, 3.05) is 24.5 Å². The normalized spacial score (nSPS) is 18.5. The summed E-state index contributed by atoms with van der Waals surface area (Å²) in [5.74, 6) is 0.623. The first-order valence-electron chi connectivity index (χ1n) is 7.93. The van der Waals surface area contributed by atoms with Crippen LogP contribution in [0.3, 0.4) is 0 Å². The lowest BCUT2D eigenvalue weighted by molar-refractivity contribution is 0.541. The zero-order valence-electron chi connectivity index (χ0n) is 12.9. The van der Waals surface area contributed by atoms with Gasteiger partial charge in [-0.25, -0.2) is 0 Å². The molecule has 1 unspecified atom stereocenters. The van der Waals surface area contributed by atoms with Gasteiger partial charge < -0.3 is 10.2 Å². The number of rotatable bonds is 5. The van der Waals surface area contributed by atoms with E-state index in [1.54, 1.807) is 0 Å². The van der Waals surface area contributed by atoms with Gasteiger partial charge in [0.25, 0.3) is 0 Å². The summed E-state index contributed by atoms with van der Waals surface area (Å²) in [6, 6.07) is 8.87. The minimum absolute atomic E-state index is 0.593. The minimum atomic E-state index is 0.593. The van der Waals surface area contributed by atoms with Crippen molar-refractivity contribution in [2.24, 2.45) is 5.92 Å². The highest BCUT2D eigenvalue weighted by molar-refractivity contribution is 5.90. The molecule has 2 aromatic rings. The average Bonchev–Trinajstić information content (AvgIpc) is 2.98. The van der Waals surface area contributed by atoms with Gasteiger partial charge in [-0.05, 0) is 31.4 Å². The van der Waals surface area contributed by atoms with Gasteiger partial charge in [-0.2, -0.15) is 10.2 Å². The summed E-state index contributed by atoms with van der Waals surface area (Å²) in [7, 11) is 0. The van der Waals surface area contributed by atoms with E-state index in [0.29, 0.717) is 12.0 Å². The molecule has 4 nitrogen and oxygen atoms in total. The molecule has 0 aliphatic carbocycles. The molecule has 1 aromatic carbocycles. The Bertz CT molecular complexity index is 585. The number of hydrogen-bond acceptors (Lipinski definition) is 4. The molecule has 0 spiro atoms. The van der Waals surface area contributed by atoms with Crippen LogP contribution in [0.4, 0.5) is 5.69 Å². The zero-order valence-corrected chi connectivity index (χ0v) is 12.9. The van der Waals surface area contributed by atoms with Crippen LogP contribution >= 0.6 is 0 Å². The number of nitrogens with one attached hydrogen (secondary N) is 1. The summed E-state index contributed by atoms with van der Waals surface area (Å²) in [4.78, 5) is 2.48. The fraction of sp³-hybridized carbons (Fsp3) is 0.529. The van der Waals surface area contributed by atoms with Gasteiger partial charge in [-0.15, -0.1) is 0 Å². The molecule has 3 rings (SSSR count). The van der Waals surface area contributed by atoms with Gasteiger partial charge in [-0.3, -0.25) is 0 Å². The standard InChI is InChI=1S/C17H24N4/c1-13(2)11-21(12-14-6-5-9-18-14)17-10-19-20-16-8-4-3-7-15(16)17/h3-4,7-8,10,13-14,18H,5-6,9,11-12H2,1-2H3. The van der Waals surface area contributed by atoms with E-state index in [2.05, 4.69) is 46.4 Å². The van der Waals surface area contributed by atoms with E-state index in [1.165, 1.54) is 23.9 Å². The van der Waals surface area contributed by atoms with E-state index < -0.39 is 0 Å². The highest BCUT2D eigenvalue weighted by atomic mass is 15.2. The second-order valence-electron chi connectivity index (χ2n) is 6.34. The Labute approximate surface area is 126 Å². The summed E-state index contributed by atoms with van der Waals surface area (Å²) >= 11 is 0. The van der Waals surface area contributed by atoms with Crippen LogP contribution in [-0.2, 0) is 0 Å². The van der Waals surface area contributed by atoms with E-state index in [0.717, 1.165) is 25.2 Å². The number of benzene rings is 1. The molecule has 2 heterocycles. The second kappa shape index (κ2) is 6.39. The SMILES string of the molecule is CC(C)CN(CC1CCCN1)c1cnnc2ccccc12. The molecule has 1 aliphatic rings. The first kappa shape index (κ1) is 14.3. The van der Waals surface area contributed by atoms with Crippen LogP contribution in [0, 0.1) is 5.92 Å². The van der Waals surface area contributed by atoms with Crippen molar-refractivity contribution < 1.29 is 0 Å². The quantitative estimate of drug-likeness (QED) is 0.916. The monoisotopic (exact) mass is 284 g/mol. The van der Waals surface area contributed by atoms with Crippen LogP contribution in [0.5, 0.6) is 0 Å². The molecule has 0 radical (unpaired) electrons. The van der Waals surface area contributed by atoms with Gasteiger partial charge in [0.05, 0.1) is 17.4 Å². The summed E-state index contributed by atoms with van der Waals surface area (Å²) in [5.41, 5.74) is 2.19. The topological polar surface area (TPSA) is 41.0 Å². The van der Waals surface area contributed by atoms with Gasteiger partial charge in [0.15, 0.2) is 0 Å². The van der Waals surface area contributed by atoms with Crippen molar-refractivity contribution in [1.82, 2.24) is 15.5 Å². The van der Waals surface area contributed by atoms with Crippen LogP contribution in [0.25, 0.3) is 10.9 Å². The molecule has 1 aliphatic heterocycles. The number of nitrogens with zero attached hydrogens (tertiary/aromatic N) is 3. The second-order valence-corrected chi connectivity index (χ2v) is 6.34. The Balaban J connectivity index is 1.92. The van der Waals surface area contributed by atoms with Gasteiger partial charge in [0.2, 0.25) is 0 Å². The van der Waals surface area contributed by atoms with Crippen molar-refractivity contribution in [1.29, 1.82) is 0 Å². The Kier molecular flexibility index (Phi) is 4.34. The molecule has 1 aromatic heterocycles. The lowest BCUT2D eigenvalue weighted by Crippen LogP contribution is -2.39. The predicted molar refractivity (Wildman–Crippen MR) is 87.6 cm³/mol. The average molecular weight is 284 g/mol. The van der Waals surface area contributed by atoms with Crippen LogP contribution in [-0.4, -0.2) is 35.9 Å². The first-order chi connectivity index (χ1) is 10.2. The van der Waals surface area contributed by atoms with Crippen molar-refractivity contribution in [3.8, 4) is 0 Å². The Morgan fingerprint density at radius 3 is 2.95 bits per heavy atom. The summed E-state index contributed by atoms with van der Waals surface area (Å²) < 4.78 is 0. The molecule has 112 valence electrons. The molecular formula is C17H24N4. The van der Waals surface area contributed by atoms with Gasteiger partial charge >= 0.3 is 0 Å². The molecule has 0 bridgehead atoms. The molecule has 4 heteroatoms.